The van der Waals surface area contributed by atoms with Crippen molar-refractivity contribution in [3.05, 3.63) is 108 Å². The topological polar surface area (TPSA) is 133 Å². The number of nitrogens with zero attached hydrogens (tertiary/aromatic N) is 1. The monoisotopic (exact) mass is 755 g/mol. The highest BCUT2D eigenvalue weighted by Crippen LogP contribution is 2.46. The highest BCUT2D eigenvalue weighted by molar-refractivity contribution is 7.91. The number of benzene rings is 4. The Morgan fingerprint density at radius 1 is 0.712 bits per heavy atom. The molecule has 5 rings (SSSR count). The highest BCUT2D eigenvalue weighted by atomic mass is 32.2. The van der Waals surface area contributed by atoms with Crippen molar-refractivity contribution in [2.24, 2.45) is 0 Å². The molecule has 1 atom stereocenters. The summed E-state index contributed by atoms with van der Waals surface area (Å²) in [6.07, 6.45) is -3.05. The van der Waals surface area contributed by atoms with Crippen LogP contribution in [0.15, 0.2) is 107 Å². The summed E-state index contributed by atoms with van der Waals surface area (Å²) >= 11 is 0. The lowest BCUT2D eigenvalue weighted by Crippen LogP contribution is -2.62. The molecule has 274 valence electrons. The molecule has 8 nitrogen and oxygen atoms in total. The highest BCUT2D eigenvalue weighted by Gasteiger charge is 2.59. The number of carbonyl (C=O) groups is 1. The molecule has 0 aliphatic heterocycles. The number of alkyl halides is 4. The first-order valence-corrected chi connectivity index (χ1v) is 19.9. The molecule has 0 spiro atoms. The molecule has 1 saturated carbocycles. The average molecular weight is 756 g/mol. The minimum Gasteiger partial charge on any atom is -0.336 e. The lowest BCUT2D eigenvalue weighted by molar-refractivity contribution is -0.191. The quantitative estimate of drug-likeness (QED) is 0.150. The van der Waals surface area contributed by atoms with E-state index >= 15 is 17.6 Å². The van der Waals surface area contributed by atoms with Gasteiger partial charge in [-0.15, -0.1) is 0 Å². The van der Waals surface area contributed by atoms with Gasteiger partial charge < -0.3 is 5.32 Å². The molecule has 0 saturated heterocycles. The van der Waals surface area contributed by atoms with Crippen molar-refractivity contribution in [3.8, 4) is 28.3 Å². The van der Waals surface area contributed by atoms with E-state index in [9.17, 15) is 26.9 Å². The van der Waals surface area contributed by atoms with E-state index in [0.717, 1.165) is 26.4 Å². The number of rotatable bonds is 12. The Labute approximate surface area is 300 Å². The van der Waals surface area contributed by atoms with Crippen LogP contribution in [0, 0.1) is 11.3 Å². The minimum atomic E-state index is -5.13. The number of sulfone groups is 2. The Kier molecular flexibility index (Phi) is 10.2. The van der Waals surface area contributed by atoms with Gasteiger partial charge in [0.25, 0.3) is 0 Å². The van der Waals surface area contributed by atoms with Crippen LogP contribution in [0.5, 0.6) is 0 Å². The molecular formula is C38H37F4N3O5S2. The predicted octanol–water partition coefficient (Wildman–Crippen LogP) is 6.90. The third-order valence-corrected chi connectivity index (χ3v) is 11.3. The molecule has 4 aromatic rings. The van der Waals surface area contributed by atoms with E-state index in [-0.39, 0.29) is 20.9 Å². The van der Waals surface area contributed by atoms with Crippen LogP contribution in [0.25, 0.3) is 22.3 Å². The zero-order chi connectivity index (χ0) is 38.3. The van der Waals surface area contributed by atoms with Crippen LogP contribution in [0.1, 0.15) is 44.2 Å². The molecule has 0 aromatic heterocycles. The smallest absolute Gasteiger partial charge is 0.336 e. The van der Waals surface area contributed by atoms with Crippen LogP contribution in [0.2, 0.25) is 0 Å². The lowest BCUT2D eigenvalue weighted by Gasteiger charge is -2.41. The third kappa shape index (κ3) is 8.38. The van der Waals surface area contributed by atoms with E-state index in [0.29, 0.717) is 35.1 Å². The maximum Gasteiger partial charge on any atom is 0.415 e. The van der Waals surface area contributed by atoms with Gasteiger partial charge in [-0.05, 0) is 84.3 Å². The second kappa shape index (κ2) is 13.8. The summed E-state index contributed by atoms with van der Waals surface area (Å²) < 4.78 is 111. The van der Waals surface area contributed by atoms with E-state index in [1.807, 2.05) is 6.07 Å². The molecule has 1 fully saturated rings. The standard InChI is InChI=1S/C38H37F4N3O5S2/c1-35(2,39)23-33(34(46)45-36(24-43)21-22-36)44-37(38(40,41)42,29-13-5-25(6-14-29)27-9-17-31(18-10-27)51(3,47)48)30-15-7-26(8-16-30)28-11-19-32(20-12-28)52(4,49)50/h5-20,33,44H,21-23H2,1-4H3,(H,45,46)/t33-/m0/s1. The van der Waals surface area contributed by atoms with E-state index in [1.54, 1.807) is 0 Å². The van der Waals surface area contributed by atoms with Gasteiger partial charge in [-0.3, -0.25) is 10.1 Å². The first-order valence-electron chi connectivity index (χ1n) is 16.2. The second-order valence-electron chi connectivity index (χ2n) is 13.8. The van der Waals surface area contributed by atoms with E-state index in [4.69, 9.17) is 0 Å². The second-order valence-corrected chi connectivity index (χ2v) is 17.8. The molecule has 1 amide bonds. The maximum absolute atomic E-state index is 15.9. The summed E-state index contributed by atoms with van der Waals surface area (Å²) in [5.41, 5.74) is -5.01. The molecule has 1 aliphatic rings. The Bertz CT molecular complexity index is 2090. The Hall–Kier alpha value is -4.58. The van der Waals surface area contributed by atoms with Crippen molar-refractivity contribution >= 4 is 25.6 Å². The van der Waals surface area contributed by atoms with Crippen molar-refractivity contribution in [2.75, 3.05) is 12.5 Å². The normalized spacial score (nSPS) is 15.4. The van der Waals surface area contributed by atoms with Gasteiger partial charge in [0, 0.05) is 18.9 Å². The molecule has 0 heterocycles. The zero-order valence-corrected chi connectivity index (χ0v) is 30.4. The van der Waals surface area contributed by atoms with Crippen molar-refractivity contribution in [3.63, 3.8) is 0 Å². The number of carbonyl (C=O) groups excluding carboxylic acids is 1. The molecule has 4 aromatic carbocycles. The summed E-state index contributed by atoms with van der Waals surface area (Å²) in [7, 11) is -6.96. The molecule has 2 N–H and O–H groups in total. The van der Waals surface area contributed by atoms with Gasteiger partial charge in [-0.2, -0.15) is 18.4 Å². The van der Waals surface area contributed by atoms with Gasteiger partial charge in [0.2, 0.25) is 5.91 Å². The predicted molar refractivity (Wildman–Crippen MR) is 189 cm³/mol. The van der Waals surface area contributed by atoms with Crippen molar-refractivity contribution in [1.82, 2.24) is 10.6 Å². The van der Waals surface area contributed by atoms with E-state index in [2.05, 4.69) is 10.6 Å². The Balaban J connectivity index is 1.64. The number of hydrogen-bond donors (Lipinski definition) is 2. The SMILES string of the molecule is CC(C)(F)C[C@H](NC(c1ccc(-c2ccc(S(C)(=O)=O)cc2)cc1)(c1ccc(-c2ccc(S(C)(=O)=O)cc2)cc1)C(F)(F)F)C(=O)NC1(C#N)CC1. The van der Waals surface area contributed by atoms with Crippen molar-refractivity contribution in [1.29, 1.82) is 5.26 Å². The molecule has 0 unspecified atom stereocenters. The first kappa shape index (κ1) is 38.6. The summed E-state index contributed by atoms with van der Waals surface area (Å²) in [5.74, 6) is -0.955. The van der Waals surface area contributed by atoms with Gasteiger partial charge in [0.05, 0.1) is 21.9 Å². The van der Waals surface area contributed by atoms with E-state index in [1.165, 1.54) is 97.1 Å². The number of nitriles is 1. The van der Waals surface area contributed by atoms with Gasteiger partial charge in [0.1, 0.15) is 11.2 Å². The molecule has 14 heteroatoms. The Morgan fingerprint density at radius 2 is 1.06 bits per heavy atom. The maximum atomic E-state index is 15.9. The average Bonchev–Trinajstić information content (AvgIpc) is 3.85. The molecule has 52 heavy (non-hydrogen) atoms. The first-order chi connectivity index (χ1) is 24.1. The largest absolute Gasteiger partial charge is 0.415 e. The van der Waals surface area contributed by atoms with Gasteiger partial charge in [0.15, 0.2) is 25.2 Å². The summed E-state index contributed by atoms with van der Waals surface area (Å²) in [4.78, 5) is 13.8. The number of amides is 1. The molecule has 1 aliphatic carbocycles. The van der Waals surface area contributed by atoms with Crippen LogP contribution < -0.4 is 10.6 Å². The van der Waals surface area contributed by atoms with Crippen molar-refractivity contribution in [2.45, 2.75) is 71.9 Å². The summed E-state index contributed by atoms with van der Waals surface area (Å²) in [5, 5.41) is 14.6. The number of hydrogen-bond acceptors (Lipinski definition) is 7. The number of nitrogens with one attached hydrogen (secondary N) is 2. The molecule has 0 bridgehead atoms. The van der Waals surface area contributed by atoms with Gasteiger partial charge in [-0.25, -0.2) is 21.2 Å². The summed E-state index contributed by atoms with van der Waals surface area (Å²) in [6.45, 7) is 2.30. The zero-order valence-electron chi connectivity index (χ0n) is 28.8. The molecule has 0 radical (unpaired) electrons. The fourth-order valence-electron chi connectivity index (χ4n) is 6.03. The van der Waals surface area contributed by atoms with E-state index < -0.39 is 61.0 Å². The van der Waals surface area contributed by atoms with Crippen LogP contribution in [0.3, 0.4) is 0 Å². The third-order valence-electron chi connectivity index (χ3n) is 9.02. The van der Waals surface area contributed by atoms with Crippen LogP contribution in [0.4, 0.5) is 17.6 Å². The fraction of sp³-hybridized carbons (Fsp3) is 0.316. The fourth-order valence-corrected chi connectivity index (χ4v) is 7.29. The van der Waals surface area contributed by atoms with Crippen molar-refractivity contribution < 1.29 is 39.2 Å². The molecular weight excluding hydrogens is 719 g/mol. The van der Waals surface area contributed by atoms with Gasteiger partial charge in [-0.1, -0.05) is 72.8 Å². The van der Waals surface area contributed by atoms with Gasteiger partial charge >= 0.3 is 6.18 Å². The van der Waals surface area contributed by atoms with Crippen LogP contribution in [-0.2, 0) is 30.0 Å². The minimum absolute atomic E-state index is 0.0763. The van der Waals surface area contributed by atoms with Crippen LogP contribution >= 0.6 is 0 Å². The van der Waals surface area contributed by atoms with Crippen LogP contribution in [-0.4, -0.2) is 58.7 Å². The number of halogens is 4. The lowest BCUT2D eigenvalue weighted by atomic mass is 9.79. The Morgan fingerprint density at radius 3 is 1.33 bits per heavy atom. The summed E-state index contributed by atoms with van der Waals surface area (Å²) in [6, 6.07) is 22.7.